The summed E-state index contributed by atoms with van der Waals surface area (Å²) >= 11 is 5.44. The van der Waals surface area contributed by atoms with Gasteiger partial charge < -0.3 is 10.1 Å². The Morgan fingerprint density at radius 3 is 2.88 bits per heavy atom. The van der Waals surface area contributed by atoms with Gasteiger partial charge in [-0.3, -0.25) is 19.2 Å². The highest BCUT2D eigenvalue weighted by atomic mass is 32.1. The minimum absolute atomic E-state index is 0.133. The number of nitrogens with zero attached hydrogens (tertiary/aromatic N) is 2. The Morgan fingerprint density at radius 1 is 1.33 bits per heavy atom. The molecule has 2 aromatic rings. The Morgan fingerprint density at radius 2 is 2.12 bits per heavy atom. The van der Waals surface area contributed by atoms with E-state index in [4.69, 9.17) is 17.0 Å². The number of nitrogens with one attached hydrogen (secondary N) is 2. The molecule has 0 saturated carbocycles. The molecule has 1 aromatic carbocycles. The van der Waals surface area contributed by atoms with Crippen LogP contribution in [0.5, 0.6) is 0 Å². The second kappa shape index (κ2) is 6.88. The number of H-pyrrole nitrogens is 1. The van der Waals surface area contributed by atoms with Gasteiger partial charge in [-0.1, -0.05) is 12.1 Å². The Hall–Kier alpha value is -1.96. The average Bonchev–Trinajstić information content (AvgIpc) is 2.57. The molecule has 0 saturated heterocycles. The van der Waals surface area contributed by atoms with Crippen LogP contribution in [0.3, 0.4) is 0 Å². The maximum Gasteiger partial charge on any atom is 0.258 e. The predicted molar refractivity (Wildman–Crippen MR) is 97.5 cm³/mol. The van der Waals surface area contributed by atoms with Crippen LogP contribution in [0.25, 0.3) is 5.69 Å². The summed E-state index contributed by atoms with van der Waals surface area (Å²) in [6.45, 7) is 6.76. The summed E-state index contributed by atoms with van der Waals surface area (Å²) in [5.74, 6) is 0.783. The van der Waals surface area contributed by atoms with Crippen LogP contribution < -0.4 is 10.9 Å². The van der Waals surface area contributed by atoms with Crippen LogP contribution in [0.4, 0.5) is 5.82 Å². The minimum atomic E-state index is -0.133. The molecule has 0 unspecified atom stereocenters. The lowest BCUT2D eigenvalue weighted by Gasteiger charge is -2.31. The molecule has 0 fully saturated rings. The number of rotatable bonds is 4. The predicted octanol–water partition coefficient (Wildman–Crippen LogP) is 2.34. The maximum absolute atomic E-state index is 12.4. The highest BCUT2D eigenvalue weighted by molar-refractivity contribution is 7.71. The van der Waals surface area contributed by atoms with E-state index in [2.05, 4.69) is 35.1 Å². The van der Waals surface area contributed by atoms with Gasteiger partial charge in [-0.25, -0.2) is 0 Å². The molecule has 0 aliphatic carbocycles. The van der Waals surface area contributed by atoms with E-state index in [0.29, 0.717) is 30.2 Å². The number of hydrogen-bond donors (Lipinski definition) is 2. The van der Waals surface area contributed by atoms with Crippen LogP contribution in [0.2, 0.25) is 0 Å². The van der Waals surface area contributed by atoms with Crippen molar-refractivity contribution in [2.45, 2.75) is 20.4 Å². The first-order valence-corrected chi connectivity index (χ1v) is 8.33. The Kier molecular flexibility index (Phi) is 4.84. The topological polar surface area (TPSA) is 62.3 Å². The van der Waals surface area contributed by atoms with Gasteiger partial charge in [-0.05, 0) is 43.3 Å². The van der Waals surface area contributed by atoms with Crippen LogP contribution in [-0.4, -0.2) is 41.4 Å². The number of aromatic nitrogens is 2. The van der Waals surface area contributed by atoms with Crippen LogP contribution in [0.1, 0.15) is 16.7 Å². The zero-order valence-corrected chi connectivity index (χ0v) is 15.0. The fourth-order valence-electron chi connectivity index (χ4n) is 2.96. The number of fused-ring (bicyclic) bond motifs is 1. The van der Waals surface area contributed by atoms with Crippen molar-refractivity contribution in [3.63, 3.8) is 0 Å². The van der Waals surface area contributed by atoms with Crippen LogP contribution in [0, 0.1) is 18.6 Å². The lowest BCUT2D eigenvalue weighted by atomic mass is 10.1. The van der Waals surface area contributed by atoms with Crippen molar-refractivity contribution in [3.8, 4) is 5.69 Å². The summed E-state index contributed by atoms with van der Waals surface area (Å²) < 4.78 is 7.47. The molecule has 6 nitrogen and oxygen atoms in total. The molecule has 2 heterocycles. The van der Waals surface area contributed by atoms with Crippen LogP contribution >= 0.6 is 12.2 Å². The molecule has 0 atom stereocenters. The van der Waals surface area contributed by atoms with Crippen molar-refractivity contribution in [3.05, 3.63) is 50.0 Å². The van der Waals surface area contributed by atoms with E-state index in [9.17, 15) is 4.79 Å². The fraction of sp³-hybridized carbons (Fsp3) is 0.412. The normalized spacial score (nSPS) is 14.3. The van der Waals surface area contributed by atoms with Crippen molar-refractivity contribution < 1.29 is 4.74 Å². The number of benzene rings is 1. The number of ether oxygens (including phenoxy) is 1. The average molecular weight is 346 g/mol. The smallest absolute Gasteiger partial charge is 0.258 e. The SMILES string of the molecule is COCCN1CNc2c(c(=O)[nH]c(=S)n2-c2cccc(C)c2C)C1. The monoisotopic (exact) mass is 346 g/mol. The molecule has 24 heavy (non-hydrogen) atoms. The van der Waals surface area contributed by atoms with Crippen molar-refractivity contribution in [2.24, 2.45) is 0 Å². The first-order chi connectivity index (χ1) is 11.5. The van der Waals surface area contributed by atoms with E-state index in [0.717, 1.165) is 23.6 Å². The molecule has 0 radical (unpaired) electrons. The molecular weight excluding hydrogens is 324 g/mol. The summed E-state index contributed by atoms with van der Waals surface area (Å²) in [6.07, 6.45) is 0. The molecule has 2 N–H and O–H groups in total. The first kappa shape index (κ1) is 16.9. The third-order valence-electron chi connectivity index (χ3n) is 4.49. The molecule has 3 rings (SSSR count). The highest BCUT2D eigenvalue weighted by Gasteiger charge is 2.23. The summed E-state index contributed by atoms with van der Waals surface area (Å²) in [5.41, 5.74) is 3.89. The van der Waals surface area contributed by atoms with E-state index in [1.165, 1.54) is 5.56 Å². The molecule has 0 spiro atoms. The molecule has 7 heteroatoms. The maximum atomic E-state index is 12.4. The van der Waals surface area contributed by atoms with Gasteiger partial charge in [-0.2, -0.15) is 0 Å². The summed E-state index contributed by atoms with van der Waals surface area (Å²) in [6, 6.07) is 6.10. The second-order valence-corrected chi connectivity index (χ2v) is 6.41. The van der Waals surface area contributed by atoms with E-state index < -0.39 is 0 Å². The largest absolute Gasteiger partial charge is 0.383 e. The standard InChI is InChI=1S/C17H22N4O2S/c1-11-5-4-6-14(12(11)2)21-15-13(16(22)19-17(21)24)9-20(10-18-15)7-8-23-3/h4-6,18H,7-10H2,1-3H3,(H,19,22,24). The molecule has 1 aromatic heterocycles. The molecular formula is C17H22N4O2S. The minimum Gasteiger partial charge on any atom is -0.383 e. The van der Waals surface area contributed by atoms with E-state index in [1.54, 1.807) is 7.11 Å². The van der Waals surface area contributed by atoms with Gasteiger partial charge in [0.1, 0.15) is 5.82 Å². The third-order valence-corrected chi connectivity index (χ3v) is 4.77. The van der Waals surface area contributed by atoms with Crippen LogP contribution in [0.15, 0.2) is 23.0 Å². The molecule has 128 valence electrons. The van der Waals surface area contributed by atoms with Crippen molar-refractivity contribution in [1.29, 1.82) is 0 Å². The van der Waals surface area contributed by atoms with E-state index in [1.807, 2.05) is 16.7 Å². The zero-order chi connectivity index (χ0) is 17.3. The van der Waals surface area contributed by atoms with Gasteiger partial charge in [0, 0.05) is 20.2 Å². The highest BCUT2D eigenvalue weighted by Crippen LogP contribution is 2.26. The van der Waals surface area contributed by atoms with Crippen molar-refractivity contribution in [1.82, 2.24) is 14.5 Å². The number of aryl methyl sites for hydroxylation is 1. The summed E-state index contributed by atoms with van der Waals surface area (Å²) in [7, 11) is 1.68. The first-order valence-electron chi connectivity index (χ1n) is 7.93. The Bertz CT molecular complexity index is 872. The van der Waals surface area contributed by atoms with Crippen molar-refractivity contribution in [2.75, 3.05) is 32.2 Å². The number of anilines is 1. The molecule has 1 aliphatic heterocycles. The lowest BCUT2D eigenvalue weighted by molar-refractivity contribution is 0.146. The van der Waals surface area contributed by atoms with Gasteiger partial charge in [0.2, 0.25) is 0 Å². The van der Waals surface area contributed by atoms with E-state index in [-0.39, 0.29) is 5.56 Å². The third kappa shape index (κ3) is 3.02. The van der Waals surface area contributed by atoms with Crippen LogP contribution in [-0.2, 0) is 11.3 Å². The van der Waals surface area contributed by atoms with Gasteiger partial charge in [-0.15, -0.1) is 0 Å². The van der Waals surface area contributed by atoms with Gasteiger partial charge >= 0.3 is 0 Å². The summed E-state index contributed by atoms with van der Waals surface area (Å²) in [4.78, 5) is 17.4. The number of aromatic amines is 1. The summed E-state index contributed by atoms with van der Waals surface area (Å²) in [5, 5.41) is 3.36. The van der Waals surface area contributed by atoms with Gasteiger partial charge in [0.05, 0.1) is 24.5 Å². The molecule has 1 aliphatic rings. The number of methoxy groups -OCH3 is 1. The Balaban J connectivity index is 2.12. The van der Waals surface area contributed by atoms with Gasteiger partial charge in [0.25, 0.3) is 5.56 Å². The number of hydrogen-bond acceptors (Lipinski definition) is 5. The van der Waals surface area contributed by atoms with Crippen molar-refractivity contribution >= 4 is 18.0 Å². The van der Waals surface area contributed by atoms with E-state index >= 15 is 0 Å². The molecule has 0 bridgehead atoms. The lowest BCUT2D eigenvalue weighted by Crippen LogP contribution is -2.40. The van der Waals surface area contributed by atoms with Gasteiger partial charge in [0.15, 0.2) is 4.77 Å². The quantitative estimate of drug-likeness (QED) is 0.832. The fourth-order valence-corrected chi connectivity index (χ4v) is 3.24. The second-order valence-electron chi connectivity index (χ2n) is 6.02. The molecule has 0 amide bonds. The Labute approximate surface area is 146 Å². The zero-order valence-electron chi connectivity index (χ0n) is 14.2.